The van der Waals surface area contributed by atoms with Gasteiger partial charge in [0.05, 0.1) is 12.1 Å². The van der Waals surface area contributed by atoms with Crippen LogP contribution in [-0.2, 0) is 4.79 Å². The molecular weight excluding hydrogens is 364 g/mol. The van der Waals surface area contributed by atoms with Gasteiger partial charge in [0.1, 0.15) is 6.10 Å². The van der Waals surface area contributed by atoms with Crippen LogP contribution in [0.3, 0.4) is 0 Å². The van der Waals surface area contributed by atoms with Crippen LogP contribution in [0.1, 0.15) is 82.8 Å². The molecule has 5 nitrogen and oxygen atoms in total. The average molecular weight is 405 g/mol. The third kappa shape index (κ3) is 9.28. The van der Waals surface area contributed by atoms with Crippen LogP contribution in [-0.4, -0.2) is 52.8 Å². The molecule has 1 aliphatic heterocycles. The zero-order chi connectivity index (χ0) is 20.9. The van der Waals surface area contributed by atoms with Crippen molar-refractivity contribution >= 4 is 5.91 Å². The molecule has 0 radical (unpaired) electrons. The van der Waals surface area contributed by atoms with Crippen molar-refractivity contribution in [3.8, 4) is 0 Å². The van der Waals surface area contributed by atoms with Gasteiger partial charge in [-0.15, -0.1) is 0 Å². The lowest BCUT2D eigenvalue weighted by Gasteiger charge is -2.34. The average Bonchev–Trinajstić information content (AvgIpc) is 2.74. The molecule has 5 heteroatoms. The highest BCUT2D eigenvalue weighted by Gasteiger charge is 2.27. The third-order valence-electron chi connectivity index (χ3n) is 5.89. The Morgan fingerprint density at radius 1 is 1.07 bits per heavy atom. The molecule has 0 aromatic heterocycles. The molecular formula is C24H40N2O3. The standard InChI is InChI=1S/C24H40N2O3/c1-2-3-4-5-6-7-11-14-23(28)25-22(19-26-17-15-21(27)16-18-26)24(29)20-12-9-8-10-13-20/h8-10,12-13,21-22,24,27,29H,2-7,11,14-19H2,1H3,(H,25,28). The SMILES string of the molecule is CCCCCCCCCC(=O)NC(CN1CCC(O)CC1)C(O)c1ccccc1. The molecule has 2 unspecified atom stereocenters. The maximum absolute atomic E-state index is 12.5. The lowest BCUT2D eigenvalue weighted by Crippen LogP contribution is -2.49. The van der Waals surface area contributed by atoms with Crippen LogP contribution in [0.2, 0.25) is 0 Å². The quantitative estimate of drug-likeness (QED) is 0.437. The number of carbonyl (C=O) groups excluding carboxylic acids is 1. The Morgan fingerprint density at radius 3 is 2.34 bits per heavy atom. The summed E-state index contributed by atoms with van der Waals surface area (Å²) in [5, 5.41) is 23.7. The van der Waals surface area contributed by atoms with Crippen LogP contribution in [0.15, 0.2) is 30.3 Å². The van der Waals surface area contributed by atoms with E-state index in [-0.39, 0.29) is 18.1 Å². The van der Waals surface area contributed by atoms with E-state index >= 15 is 0 Å². The van der Waals surface area contributed by atoms with Gasteiger partial charge in [-0.3, -0.25) is 4.79 Å². The number of likely N-dealkylation sites (tertiary alicyclic amines) is 1. The molecule has 1 saturated heterocycles. The number of rotatable bonds is 13. The van der Waals surface area contributed by atoms with Crippen molar-refractivity contribution < 1.29 is 15.0 Å². The number of aliphatic hydroxyl groups is 2. The second-order valence-electron chi connectivity index (χ2n) is 8.43. The van der Waals surface area contributed by atoms with Gasteiger partial charge >= 0.3 is 0 Å². The van der Waals surface area contributed by atoms with E-state index in [9.17, 15) is 15.0 Å². The number of nitrogens with zero attached hydrogens (tertiary/aromatic N) is 1. The first-order chi connectivity index (χ1) is 14.1. The Balaban J connectivity index is 1.83. The van der Waals surface area contributed by atoms with Crippen molar-refractivity contribution in [1.29, 1.82) is 0 Å². The van der Waals surface area contributed by atoms with Gasteiger partial charge in [0.25, 0.3) is 0 Å². The van der Waals surface area contributed by atoms with E-state index in [1.165, 1.54) is 32.1 Å². The monoisotopic (exact) mass is 404 g/mol. The number of hydrogen-bond donors (Lipinski definition) is 3. The molecule has 164 valence electrons. The molecule has 1 fully saturated rings. The summed E-state index contributed by atoms with van der Waals surface area (Å²) in [6.45, 7) is 4.42. The van der Waals surface area contributed by atoms with Crippen molar-refractivity contribution in [1.82, 2.24) is 10.2 Å². The van der Waals surface area contributed by atoms with E-state index < -0.39 is 6.10 Å². The second kappa shape index (κ2) is 13.7. The molecule has 1 aromatic carbocycles. The highest BCUT2D eigenvalue weighted by atomic mass is 16.3. The summed E-state index contributed by atoms with van der Waals surface area (Å²) in [6.07, 6.45) is 9.34. The highest BCUT2D eigenvalue weighted by molar-refractivity contribution is 5.76. The summed E-state index contributed by atoms with van der Waals surface area (Å²) >= 11 is 0. The van der Waals surface area contributed by atoms with Gasteiger partial charge < -0.3 is 20.4 Å². The van der Waals surface area contributed by atoms with Crippen molar-refractivity contribution in [3.05, 3.63) is 35.9 Å². The summed E-state index contributed by atoms with van der Waals surface area (Å²) in [5.41, 5.74) is 0.825. The van der Waals surface area contributed by atoms with E-state index in [2.05, 4.69) is 17.1 Å². The smallest absolute Gasteiger partial charge is 0.220 e. The zero-order valence-corrected chi connectivity index (χ0v) is 18.1. The van der Waals surface area contributed by atoms with Crippen LogP contribution in [0.5, 0.6) is 0 Å². The minimum Gasteiger partial charge on any atom is -0.393 e. The maximum atomic E-state index is 12.5. The Labute approximate surface area is 176 Å². The maximum Gasteiger partial charge on any atom is 0.220 e. The van der Waals surface area contributed by atoms with Crippen molar-refractivity contribution in [2.75, 3.05) is 19.6 Å². The zero-order valence-electron chi connectivity index (χ0n) is 18.1. The lowest BCUT2D eigenvalue weighted by atomic mass is 9.99. The minimum absolute atomic E-state index is 0.0237. The van der Waals surface area contributed by atoms with Gasteiger partial charge in [0.2, 0.25) is 5.91 Å². The normalized spacial score (nSPS) is 17.8. The Bertz CT molecular complexity index is 559. The van der Waals surface area contributed by atoms with Crippen molar-refractivity contribution in [2.45, 2.75) is 89.4 Å². The first-order valence-electron chi connectivity index (χ1n) is 11.5. The third-order valence-corrected chi connectivity index (χ3v) is 5.89. The first kappa shape index (κ1) is 23.8. The van der Waals surface area contributed by atoms with Crippen LogP contribution in [0, 0.1) is 0 Å². The molecule has 1 amide bonds. The molecule has 0 bridgehead atoms. The lowest BCUT2D eigenvalue weighted by molar-refractivity contribution is -0.123. The van der Waals surface area contributed by atoms with E-state index in [1.54, 1.807) is 0 Å². The molecule has 3 N–H and O–H groups in total. The summed E-state index contributed by atoms with van der Waals surface area (Å²) in [6, 6.07) is 9.21. The molecule has 0 spiro atoms. The molecule has 1 aromatic rings. The predicted octanol–water partition coefficient (Wildman–Crippen LogP) is 3.80. The van der Waals surface area contributed by atoms with Crippen LogP contribution < -0.4 is 5.32 Å². The van der Waals surface area contributed by atoms with Crippen LogP contribution in [0.4, 0.5) is 0 Å². The van der Waals surface area contributed by atoms with E-state index in [4.69, 9.17) is 0 Å². The van der Waals surface area contributed by atoms with E-state index in [0.29, 0.717) is 13.0 Å². The van der Waals surface area contributed by atoms with Gasteiger partial charge in [-0.25, -0.2) is 0 Å². The molecule has 0 aliphatic carbocycles. The van der Waals surface area contributed by atoms with E-state index in [1.807, 2.05) is 30.3 Å². The summed E-state index contributed by atoms with van der Waals surface area (Å²) in [5.74, 6) is 0.0237. The second-order valence-corrected chi connectivity index (χ2v) is 8.43. The van der Waals surface area contributed by atoms with Crippen molar-refractivity contribution in [2.24, 2.45) is 0 Å². The summed E-state index contributed by atoms with van der Waals surface area (Å²) in [4.78, 5) is 14.8. The van der Waals surface area contributed by atoms with Crippen LogP contribution in [0.25, 0.3) is 0 Å². The Morgan fingerprint density at radius 2 is 1.69 bits per heavy atom. The Hall–Kier alpha value is -1.43. The molecule has 2 atom stereocenters. The number of nitrogens with one attached hydrogen (secondary N) is 1. The molecule has 29 heavy (non-hydrogen) atoms. The summed E-state index contributed by atoms with van der Waals surface area (Å²) in [7, 11) is 0. The minimum atomic E-state index is -0.735. The van der Waals surface area contributed by atoms with Gasteiger partial charge in [-0.1, -0.05) is 75.8 Å². The fraction of sp³-hybridized carbons (Fsp3) is 0.708. The molecule has 1 heterocycles. The highest BCUT2D eigenvalue weighted by Crippen LogP contribution is 2.20. The number of amides is 1. The fourth-order valence-electron chi connectivity index (χ4n) is 4.01. The van der Waals surface area contributed by atoms with Gasteiger partial charge in [0, 0.05) is 26.1 Å². The fourth-order valence-corrected chi connectivity index (χ4v) is 4.01. The number of carbonyl (C=O) groups is 1. The van der Waals surface area contributed by atoms with Gasteiger partial charge in [-0.05, 0) is 24.8 Å². The largest absolute Gasteiger partial charge is 0.393 e. The Kier molecular flexibility index (Phi) is 11.3. The number of hydrogen-bond acceptors (Lipinski definition) is 4. The topological polar surface area (TPSA) is 72.8 Å². The number of aliphatic hydroxyl groups excluding tert-OH is 2. The van der Waals surface area contributed by atoms with Crippen molar-refractivity contribution in [3.63, 3.8) is 0 Å². The summed E-state index contributed by atoms with van der Waals surface area (Å²) < 4.78 is 0. The molecule has 0 saturated carbocycles. The number of benzene rings is 1. The molecule has 2 rings (SSSR count). The first-order valence-corrected chi connectivity index (χ1v) is 11.5. The number of unbranched alkanes of at least 4 members (excludes halogenated alkanes) is 6. The predicted molar refractivity (Wildman–Crippen MR) is 118 cm³/mol. The van der Waals surface area contributed by atoms with Gasteiger partial charge in [0.15, 0.2) is 0 Å². The molecule has 1 aliphatic rings. The number of piperidine rings is 1. The van der Waals surface area contributed by atoms with Gasteiger partial charge in [-0.2, -0.15) is 0 Å². The van der Waals surface area contributed by atoms with E-state index in [0.717, 1.165) is 44.3 Å². The van der Waals surface area contributed by atoms with Crippen LogP contribution >= 0.6 is 0 Å².